The number of anilines is 1. The number of halogens is 1. The Morgan fingerprint density at radius 2 is 1.95 bits per heavy atom. The first-order valence-electron chi connectivity index (χ1n) is 5.33. The standard InChI is InChI=1S/C13H9FN2O3/c14-9-4-5-12(15)11(7-9)13(17)8-2-1-3-10(6-8)16(18)19/h1-7H,15H2. The van der Waals surface area contributed by atoms with Gasteiger partial charge in [0, 0.05) is 28.9 Å². The van der Waals surface area contributed by atoms with Gasteiger partial charge in [-0.25, -0.2) is 4.39 Å². The Hall–Kier alpha value is -2.76. The number of nitro groups is 1. The predicted octanol–water partition coefficient (Wildman–Crippen LogP) is 2.55. The zero-order valence-corrected chi connectivity index (χ0v) is 9.67. The van der Waals surface area contributed by atoms with Gasteiger partial charge in [0.25, 0.3) is 5.69 Å². The number of nitrogen functional groups attached to an aromatic ring is 1. The molecule has 2 rings (SSSR count). The fourth-order valence-electron chi connectivity index (χ4n) is 1.64. The van der Waals surface area contributed by atoms with Crippen LogP contribution in [0.25, 0.3) is 0 Å². The number of hydrogen-bond acceptors (Lipinski definition) is 4. The van der Waals surface area contributed by atoms with E-state index in [0.717, 1.165) is 18.2 Å². The minimum atomic E-state index is -0.605. The summed E-state index contributed by atoms with van der Waals surface area (Å²) < 4.78 is 13.1. The molecule has 5 nitrogen and oxygen atoms in total. The first-order valence-corrected chi connectivity index (χ1v) is 5.33. The van der Waals surface area contributed by atoms with Crippen LogP contribution in [0, 0.1) is 15.9 Å². The quantitative estimate of drug-likeness (QED) is 0.397. The van der Waals surface area contributed by atoms with E-state index in [0.29, 0.717) is 0 Å². The van der Waals surface area contributed by atoms with Crippen molar-refractivity contribution in [2.24, 2.45) is 0 Å². The maximum Gasteiger partial charge on any atom is 0.270 e. The van der Waals surface area contributed by atoms with Gasteiger partial charge in [0.15, 0.2) is 5.78 Å². The van der Waals surface area contributed by atoms with Crippen molar-refractivity contribution in [2.75, 3.05) is 5.73 Å². The minimum Gasteiger partial charge on any atom is -0.398 e. The van der Waals surface area contributed by atoms with Crippen LogP contribution >= 0.6 is 0 Å². The van der Waals surface area contributed by atoms with Gasteiger partial charge in [-0.1, -0.05) is 12.1 Å². The number of nitrogens with two attached hydrogens (primary N) is 1. The number of benzene rings is 2. The smallest absolute Gasteiger partial charge is 0.270 e. The number of rotatable bonds is 3. The van der Waals surface area contributed by atoms with Gasteiger partial charge in [-0.05, 0) is 18.2 Å². The fraction of sp³-hybridized carbons (Fsp3) is 0. The average molecular weight is 260 g/mol. The molecule has 0 aromatic heterocycles. The molecule has 0 radical (unpaired) electrons. The summed E-state index contributed by atoms with van der Waals surface area (Å²) in [5, 5.41) is 10.6. The summed E-state index contributed by atoms with van der Waals surface area (Å²) in [6.45, 7) is 0. The van der Waals surface area contributed by atoms with Gasteiger partial charge in [0.2, 0.25) is 0 Å². The fourth-order valence-corrected chi connectivity index (χ4v) is 1.64. The molecule has 2 aromatic rings. The number of non-ortho nitro benzene ring substituents is 1. The summed E-state index contributed by atoms with van der Waals surface area (Å²) in [7, 11) is 0. The summed E-state index contributed by atoms with van der Waals surface area (Å²) in [6.07, 6.45) is 0. The second-order valence-electron chi connectivity index (χ2n) is 3.87. The highest BCUT2D eigenvalue weighted by molar-refractivity contribution is 6.12. The molecule has 2 N–H and O–H groups in total. The van der Waals surface area contributed by atoms with Crippen molar-refractivity contribution < 1.29 is 14.1 Å². The van der Waals surface area contributed by atoms with Gasteiger partial charge in [0.05, 0.1) is 4.92 Å². The highest BCUT2D eigenvalue weighted by Crippen LogP contribution is 2.20. The van der Waals surface area contributed by atoms with E-state index in [1.807, 2.05) is 0 Å². The Balaban J connectivity index is 2.47. The van der Waals surface area contributed by atoms with Gasteiger partial charge in [0.1, 0.15) is 5.82 Å². The van der Waals surface area contributed by atoms with Crippen LogP contribution < -0.4 is 5.73 Å². The van der Waals surface area contributed by atoms with Crippen molar-refractivity contribution in [1.29, 1.82) is 0 Å². The molecule has 0 saturated heterocycles. The molecular formula is C13H9FN2O3. The number of nitro benzene ring substituents is 1. The van der Waals surface area contributed by atoms with Crippen molar-refractivity contribution in [2.45, 2.75) is 0 Å². The molecule has 0 bridgehead atoms. The molecule has 0 saturated carbocycles. The van der Waals surface area contributed by atoms with Crippen molar-refractivity contribution in [3.05, 3.63) is 69.5 Å². The van der Waals surface area contributed by atoms with Crippen LogP contribution in [0.1, 0.15) is 15.9 Å². The van der Waals surface area contributed by atoms with Crippen molar-refractivity contribution >= 4 is 17.2 Å². The third-order valence-electron chi connectivity index (χ3n) is 2.58. The van der Waals surface area contributed by atoms with Crippen molar-refractivity contribution in [3.63, 3.8) is 0 Å². The van der Waals surface area contributed by atoms with E-state index >= 15 is 0 Å². The highest BCUT2D eigenvalue weighted by atomic mass is 19.1. The van der Waals surface area contributed by atoms with Crippen LogP contribution in [-0.2, 0) is 0 Å². The molecule has 96 valence electrons. The lowest BCUT2D eigenvalue weighted by atomic mass is 10.0. The molecule has 0 aliphatic heterocycles. The molecule has 19 heavy (non-hydrogen) atoms. The van der Waals surface area contributed by atoms with E-state index in [9.17, 15) is 19.3 Å². The molecule has 0 spiro atoms. The Kier molecular flexibility index (Phi) is 3.24. The molecule has 2 aromatic carbocycles. The Morgan fingerprint density at radius 3 is 2.63 bits per heavy atom. The van der Waals surface area contributed by atoms with E-state index in [-0.39, 0.29) is 22.5 Å². The Labute approximate surface area is 107 Å². The van der Waals surface area contributed by atoms with Crippen LogP contribution in [0.3, 0.4) is 0 Å². The first-order chi connectivity index (χ1) is 8.99. The second kappa shape index (κ2) is 4.85. The van der Waals surface area contributed by atoms with Crippen LogP contribution in [0.5, 0.6) is 0 Å². The van der Waals surface area contributed by atoms with E-state index < -0.39 is 16.5 Å². The summed E-state index contributed by atoms with van der Waals surface area (Å²) in [6, 6.07) is 8.63. The third kappa shape index (κ3) is 2.57. The lowest BCUT2D eigenvalue weighted by Crippen LogP contribution is -2.06. The van der Waals surface area contributed by atoms with E-state index in [4.69, 9.17) is 5.73 Å². The number of carbonyl (C=O) groups excluding carboxylic acids is 1. The van der Waals surface area contributed by atoms with E-state index in [1.54, 1.807) is 0 Å². The monoisotopic (exact) mass is 260 g/mol. The predicted molar refractivity (Wildman–Crippen MR) is 67.3 cm³/mol. The van der Waals surface area contributed by atoms with Gasteiger partial charge in [-0.2, -0.15) is 0 Å². The summed E-state index contributed by atoms with van der Waals surface area (Å²) in [5.74, 6) is -1.15. The normalized spacial score (nSPS) is 10.2. The molecular weight excluding hydrogens is 251 g/mol. The van der Waals surface area contributed by atoms with E-state index in [2.05, 4.69) is 0 Å². The van der Waals surface area contributed by atoms with Gasteiger partial charge in [-0.15, -0.1) is 0 Å². The second-order valence-corrected chi connectivity index (χ2v) is 3.87. The summed E-state index contributed by atoms with van der Waals surface area (Å²) in [4.78, 5) is 22.2. The third-order valence-corrected chi connectivity index (χ3v) is 2.58. The van der Waals surface area contributed by atoms with Crippen LogP contribution in [0.15, 0.2) is 42.5 Å². The average Bonchev–Trinajstić information content (AvgIpc) is 2.41. The SMILES string of the molecule is Nc1ccc(F)cc1C(=O)c1cccc([N+](=O)[O-])c1. The summed E-state index contributed by atoms with van der Waals surface area (Å²) in [5.41, 5.74) is 5.60. The van der Waals surface area contributed by atoms with Crippen molar-refractivity contribution in [3.8, 4) is 0 Å². The number of hydrogen-bond donors (Lipinski definition) is 1. The lowest BCUT2D eigenvalue weighted by molar-refractivity contribution is -0.384. The highest BCUT2D eigenvalue weighted by Gasteiger charge is 2.16. The van der Waals surface area contributed by atoms with Crippen LogP contribution in [0.2, 0.25) is 0 Å². The molecule has 0 atom stereocenters. The van der Waals surface area contributed by atoms with Gasteiger partial charge >= 0.3 is 0 Å². The zero-order valence-electron chi connectivity index (χ0n) is 9.67. The largest absolute Gasteiger partial charge is 0.398 e. The number of ketones is 1. The topological polar surface area (TPSA) is 86.2 Å². The van der Waals surface area contributed by atoms with Crippen LogP contribution in [0.4, 0.5) is 15.8 Å². The van der Waals surface area contributed by atoms with Crippen LogP contribution in [-0.4, -0.2) is 10.7 Å². The molecule has 0 aliphatic rings. The number of nitrogens with zero attached hydrogens (tertiary/aromatic N) is 1. The molecule has 0 fully saturated rings. The zero-order chi connectivity index (χ0) is 14.0. The first kappa shape index (κ1) is 12.7. The van der Waals surface area contributed by atoms with Gasteiger partial charge < -0.3 is 5.73 Å². The molecule has 0 unspecified atom stereocenters. The van der Waals surface area contributed by atoms with Gasteiger partial charge in [-0.3, -0.25) is 14.9 Å². The van der Waals surface area contributed by atoms with E-state index in [1.165, 1.54) is 24.3 Å². The molecule has 0 amide bonds. The molecule has 0 aliphatic carbocycles. The van der Waals surface area contributed by atoms with Crippen molar-refractivity contribution in [1.82, 2.24) is 0 Å². The maximum atomic E-state index is 13.1. The Bertz CT molecular complexity index is 671. The maximum absolute atomic E-state index is 13.1. The lowest BCUT2D eigenvalue weighted by Gasteiger charge is -2.05. The minimum absolute atomic E-state index is 0.0134. The summed E-state index contributed by atoms with van der Waals surface area (Å²) >= 11 is 0. The Morgan fingerprint density at radius 1 is 1.21 bits per heavy atom. The number of carbonyl (C=O) groups is 1. The molecule has 6 heteroatoms. The molecule has 0 heterocycles.